The standard InChI is InChI=1S/C24H24N4O3S/c1-3-16-4-8-18(9-5-16)21-22-23(31-27-21)24(30)28(15-26-22)13-12-20(29)25-14-17-6-10-19(32-2)11-7-17/h4-11,15H,3,12-14H2,1-2H3,(H,25,29). The molecule has 0 radical (unpaired) electrons. The van der Waals surface area contributed by atoms with Crippen molar-refractivity contribution in [1.29, 1.82) is 0 Å². The van der Waals surface area contributed by atoms with Gasteiger partial charge in [-0.2, -0.15) is 0 Å². The summed E-state index contributed by atoms with van der Waals surface area (Å²) >= 11 is 1.67. The second-order valence-corrected chi connectivity index (χ2v) is 8.26. The number of aryl methyl sites for hydroxylation is 2. The average Bonchev–Trinajstić information content (AvgIpc) is 3.27. The Morgan fingerprint density at radius 1 is 1.09 bits per heavy atom. The first-order valence-electron chi connectivity index (χ1n) is 10.4. The zero-order valence-electron chi connectivity index (χ0n) is 18.0. The Morgan fingerprint density at radius 3 is 2.50 bits per heavy atom. The Morgan fingerprint density at radius 2 is 1.81 bits per heavy atom. The number of rotatable bonds is 8. The molecule has 2 heterocycles. The van der Waals surface area contributed by atoms with Crippen molar-refractivity contribution in [2.45, 2.75) is 37.8 Å². The molecule has 32 heavy (non-hydrogen) atoms. The maximum absolute atomic E-state index is 12.8. The number of fused-ring (bicyclic) bond motifs is 1. The third-order valence-corrected chi connectivity index (χ3v) is 6.06. The van der Waals surface area contributed by atoms with E-state index >= 15 is 0 Å². The van der Waals surface area contributed by atoms with Crippen molar-refractivity contribution < 1.29 is 9.32 Å². The minimum atomic E-state index is -0.348. The lowest BCUT2D eigenvalue weighted by atomic mass is 10.1. The summed E-state index contributed by atoms with van der Waals surface area (Å²) in [7, 11) is 0. The number of hydrogen-bond donors (Lipinski definition) is 1. The summed E-state index contributed by atoms with van der Waals surface area (Å²) in [6, 6.07) is 16.0. The van der Waals surface area contributed by atoms with E-state index in [0.29, 0.717) is 17.8 Å². The number of benzene rings is 2. The molecule has 8 heteroatoms. The quantitative estimate of drug-likeness (QED) is 0.409. The number of hydrogen-bond acceptors (Lipinski definition) is 6. The summed E-state index contributed by atoms with van der Waals surface area (Å²) in [5.74, 6) is -0.139. The molecule has 2 aromatic carbocycles. The number of amides is 1. The molecule has 0 aliphatic carbocycles. The SMILES string of the molecule is CCc1ccc(-c2noc3c(=O)n(CCC(=O)NCc4ccc(SC)cc4)cnc23)cc1. The van der Waals surface area contributed by atoms with E-state index in [1.165, 1.54) is 21.4 Å². The molecule has 1 N–H and O–H groups in total. The van der Waals surface area contributed by atoms with Gasteiger partial charge in [0.15, 0.2) is 0 Å². The molecule has 0 spiro atoms. The first kappa shape index (κ1) is 21.8. The molecular formula is C24H24N4O3S. The van der Waals surface area contributed by atoms with Gasteiger partial charge in [-0.1, -0.05) is 48.5 Å². The highest BCUT2D eigenvalue weighted by atomic mass is 32.2. The van der Waals surface area contributed by atoms with Crippen molar-refractivity contribution in [3.8, 4) is 11.3 Å². The van der Waals surface area contributed by atoms with Crippen LogP contribution in [0.1, 0.15) is 24.5 Å². The lowest BCUT2D eigenvalue weighted by Gasteiger charge is -2.07. The van der Waals surface area contributed by atoms with Gasteiger partial charge in [-0.3, -0.25) is 14.2 Å². The summed E-state index contributed by atoms with van der Waals surface area (Å²) in [4.78, 5) is 30.6. The predicted molar refractivity (Wildman–Crippen MR) is 126 cm³/mol. The Bertz CT molecular complexity index is 1280. The molecule has 0 saturated carbocycles. The van der Waals surface area contributed by atoms with E-state index in [1.54, 1.807) is 11.8 Å². The molecule has 0 saturated heterocycles. The summed E-state index contributed by atoms with van der Waals surface area (Å²) < 4.78 is 6.69. The fraction of sp³-hybridized carbons (Fsp3) is 0.250. The van der Waals surface area contributed by atoms with Crippen LogP contribution >= 0.6 is 11.8 Å². The predicted octanol–water partition coefficient (Wildman–Crippen LogP) is 4.04. The summed E-state index contributed by atoms with van der Waals surface area (Å²) in [5.41, 5.74) is 3.79. The Kier molecular flexibility index (Phi) is 6.70. The van der Waals surface area contributed by atoms with Crippen LogP contribution in [0.4, 0.5) is 0 Å². The number of thioether (sulfide) groups is 1. The van der Waals surface area contributed by atoms with Crippen LogP contribution in [0.2, 0.25) is 0 Å². The zero-order valence-corrected chi connectivity index (χ0v) is 18.8. The first-order chi connectivity index (χ1) is 15.6. The number of carbonyl (C=O) groups excluding carboxylic acids is 1. The minimum Gasteiger partial charge on any atom is -0.352 e. The lowest BCUT2D eigenvalue weighted by molar-refractivity contribution is -0.121. The van der Waals surface area contributed by atoms with Crippen molar-refractivity contribution in [3.63, 3.8) is 0 Å². The molecule has 7 nitrogen and oxygen atoms in total. The highest BCUT2D eigenvalue weighted by molar-refractivity contribution is 7.98. The van der Waals surface area contributed by atoms with E-state index < -0.39 is 0 Å². The van der Waals surface area contributed by atoms with Gasteiger partial charge in [0.2, 0.25) is 5.91 Å². The lowest BCUT2D eigenvalue weighted by Crippen LogP contribution is -2.27. The van der Waals surface area contributed by atoms with Gasteiger partial charge in [-0.05, 0) is 35.9 Å². The highest BCUT2D eigenvalue weighted by Gasteiger charge is 2.16. The van der Waals surface area contributed by atoms with Crippen LogP contribution in [0.3, 0.4) is 0 Å². The summed E-state index contributed by atoms with van der Waals surface area (Å²) in [6.45, 7) is 2.75. The third-order valence-electron chi connectivity index (χ3n) is 5.31. The summed E-state index contributed by atoms with van der Waals surface area (Å²) in [6.07, 6.45) is 4.57. The maximum atomic E-state index is 12.8. The van der Waals surface area contributed by atoms with Crippen molar-refractivity contribution in [1.82, 2.24) is 20.0 Å². The molecule has 0 aliphatic heterocycles. The van der Waals surface area contributed by atoms with Crippen molar-refractivity contribution in [2.75, 3.05) is 6.26 Å². The molecule has 0 bridgehead atoms. The van der Waals surface area contributed by atoms with E-state index in [0.717, 1.165) is 17.5 Å². The van der Waals surface area contributed by atoms with E-state index in [1.807, 2.05) is 54.8 Å². The molecule has 164 valence electrons. The number of carbonyl (C=O) groups is 1. The fourth-order valence-electron chi connectivity index (χ4n) is 3.36. The van der Waals surface area contributed by atoms with Crippen LogP contribution in [-0.4, -0.2) is 26.9 Å². The molecule has 4 aromatic rings. The second-order valence-electron chi connectivity index (χ2n) is 7.38. The first-order valence-corrected chi connectivity index (χ1v) is 11.6. The van der Waals surface area contributed by atoms with Gasteiger partial charge < -0.3 is 9.84 Å². The Labute approximate surface area is 189 Å². The number of nitrogens with zero attached hydrogens (tertiary/aromatic N) is 3. The Balaban J connectivity index is 1.41. The van der Waals surface area contributed by atoms with Gasteiger partial charge in [0.1, 0.15) is 11.2 Å². The van der Waals surface area contributed by atoms with Crippen molar-refractivity contribution in [2.24, 2.45) is 0 Å². The monoisotopic (exact) mass is 448 g/mol. The van der Waals surface area contributed by atoms with Gasteiger partial charge in [0.25, 0.3) is 11.1 Å². The largest absolute Gasteiger partial charge is 0.352 e. The maximum Gasteiger partial charge on any atom is 0.299 e. The van der Waals surface area contributed by atoms with Gasteiger partial charge in [0.05, 0.1) is 6.33 Å². The third kappa shape index (κ3) is 4.75. The van der Waals surface area contributed by atoms with E-state index in [9.17, 15) is 9.59 Å². The number of aromatic nitrogens is 3. The van der Waals surface area contributed by atoms with Crippen molar-refractivity contribution in [3.05, 3.63) is 76.3 Å². The second kappa shape index (κ2) is 9.82. The van der Waals surface area contributed by atoms with Gasteiger partial charge >= 0.3 is 0 Å². The Hall–Kier alpha value is -3.39. The topological polar surface area (TPSA) is 90.0 Å². The van der Waals surface area contributed by atoms with Gasteiger partial charge in [-0.15, -0.1) is 11.8 Å². The van der Waals surface area contributed by atoms with Gasteiger partial charge in [-0.25, -0.2) is 4.98 Å². The molecule has 0 unspecified atom stereocenters. The van der Waals surface area contributed by atoms with Crippen LogP contribution in [0.25, 0.3) is 22.4 Å². The number of nitrogens with one attached hydrogen (secondary N) is 1. The molecule has 4 rings (SSSR count). The molecule has 0 atom stereocenters. The fourth-order valence-corrected chi connectivity index (χ4v) is 3.77. The van der Waals surface area contributed by atoms with Crippen LogP contribution in [0, 0.1) is 0 Å². The highest BCUT2D eigenvalue weighted by Crippen LogP contribution is 2.25. The van der Waals surface area contributed by atoms with E-state index in [4.69, 9.17) is 4.52 Å². The average molecular weight is 449 g/mol. The van der Waals surface area contributed by atoms with Crippen LogP contribution in [0.15, 0.2) is 69.1 Å². The summed E-state index contributed by atoms with van der Waals surface area (Å²) in [5, 5.41) is 6.94. The molecular weight excluding hydrogens is 424 g/mol. The molecule has 2 aromatic heterocycles. The van der Waals surface area contributed by atoms with Crippen LogP contribution < -0.4 is 10.9 Å². The van der Waals surface area contributed by atoms with Gasteiger partial charge in [0, 0.05) is 30.0 Å². The van der Waals surface area contributed by atoms with Crippen LogP contribution in [-0.2, 0) is 24.3 Å². The van der Waals surface area contributed by atoms with E-state index in [2.05, 4.69) is 22.4 Å². The zero-order chi connectivity index (χ0) is 22.5. The smallest absolute Gasteiger partial charge is 0.299 e. The molecule has 0 fully saturated rings. The molecule has 1 amide bonds. The minimum absolute atomic E-state index is 0.0939. The van der Waals surface area contributed by atoms with E-state index in [-0.39, 0.29) is 30.0 Å². The molecule has 0 aliphatic rings. The van der Waals surface area contributed by atoms with Crippen molar-refractivity contribution >= 4 is 28.8 Å². The van der Waals surface area contributed by atoms with Crippen LogP contribution in [0.5, 0.6) is 0 Å². The normalized spacial score (nSPS) is 11.1.